The van der Waals surface area contributed by atoms with Gasteiger partial charge in [0.05, 0.1) is 6.42 Å². The average molecular weight is 654 g/mol. The van der Waals surface area contributed by atoms with Crippen molar-refractivity contribution in [2.75, 3.05) is 13.3 Å². The van der Waals surface area contributed by atoms with Crippen LogP contribution in [0.1, 0.15) is 41.2 Å². The number of amides is 2. The predicted octanol–water partition coefficient (Wildman–Crippen LogP) is 5.33. The zero-order valence-electron chi connectivity index (χ0n) is 22.8. The third-order valence-corrected chi connectivity index (χ3v) is 10.9. The van der Waals surface area contributed by atoms with Crippen LogP contribution >= 0.6 is 15.9 Å². The van der Waals surface area contributed by atoms with Crippen molar-refractivity contribution in [3.63, 3.8) is 0 Å². The van der Waals surface area contributed by atoms with Gasteiger partial charge in [-0.1, -0.05) is 85.0 Å². The van der Waals surface area contributed by atoms with Crippen molar-refractivity contribution in [2.24, 2.45) is 4.99 Å². The number of rotatable bonds is 11. The smallest absolute Gasteiger partial charge is 0.434 e. The van der Waals surface area contributed by atoms with Gasteiger partial charge in [-0.15, -0.1) is 0 Å². The highest BCUT2D eigenvalue weighted by atomic mass is 79.9. The molecule has 1 fully saturated rings. The number of ether oxygens (including phenoxy) is 2. The highest BCUT2D eigenvalue weighted by molar-refractivity contribution is 9.10. The van der Waals surface area contributed by atoms with Crippen molar-refractivity contribution in [2.45, 2.75) is 56.8 Å². The molecule has 40 heavy (non-hydrogen) atoms. The summed E-state index contributed by atoms with van der Waals surface area (Å²) in [7, 11) is -5.39. The minimum absolute atomic E-state index is 0.0559. The molecule has 0 saturated carbocycles. The van der Waals surface area contributed by atoms with Gasteiger partial charge in [0.1, 0.15) is 24.3 Å². The first-order valence-electron chi connectivity index (χ1n) is 12.6. The SMILES string of the molecule is CC(C(=NC(=O)OCc1ccccc1)C(=O)O)c1ccc(C2CC(=O)N(COCC[Si](C)(C)C)S2(=O)=O)c(Br)c1. The largest absolute Gasteiger partial charge is 0.477 e. The number of hydrogen-bond acceptors (Lipinski definition) is 7. The van der Waals surface area contributed by atoms with Gasteiger partial charge in [-0.25, -0.2) is 22.3 Å². The maximum Gasteiger partial charge on any atom is 0.434 e. The molecular formula is C27H33BrN2O8SSi. The Bertz CT molecular complexity index is 1390. The van der Waals surface area contributed by atoms with E-state index < -0.39 is 52.9 Å². The zero-order chi connectivity index (χ0) is 29.7. The van der Waals surface area contributed by atoms with E-state index >= 15 is 0 Å². The lowest BCUT2D eigenvalue weighted by Gasteiger charge is -2.20. The van der Waals surface area contributed by atoms with Crippen LogP contribution in [0, 0.1) is 0 Å². The summed E-state index contributed by atoms with van der Waals surface area (Å²) in [5.41, 5.74) is 1.14. The number of aliphatic carboxylic acids is 1. The molecule has 1 aliphatic rings. The van der Waals surface area contributed by atoms with E-state index in [1.54, 1.807) is 43.3 Å². The van der Waals surface area contributed by atoms with Gasteiger partial charge in [0, 0.05) is 25.1 Å². The summed E-state index contributed by atoms with van der Waals surface area (Å²) in [6, 6.07) is 14.4. The minimum atomic E-state index is -4.02. The Morgan fingerprint density at radius 1 is 1.18 bits per heavy atom. The molecule has 10 nitrogen and oxygen atoms in total. The fourth-order valence-corrected chi connectivity index (χ4v) is 7.36. The Morgan fingerprint density at radius 2 is 1.85 bits per heavy atom. The second-order valence-corrected chi connectivity index (χ2v) is 19.2. The van der Waals surface area contributed by atoms with Crippen molar-refractivity contribution in [3.8, 4) is 0 Å². The second-order valence-electron chi connectivity index (χ2n) is 10.7. The summed E-state index contributed by atoms with van der Waals surface area (Å²) in [4.78, 5) is 40.4. The van der Waals surface area contributed by atoms with Gasteiger partial charge in [0.25, 0.3) is 0 Å². The first-order valence-corrected chi connectivity index (χ1v) is 18.6. The normalized spacial score (nSPS) is 18.0. The minimum Gasteiger partial charge on any atom is -0.477 e. The molecule has 2 unspecified atom stereocenters. The number of carbonyl (C=O) groups is 3. The van der Waals surface area contributed by atoms with Crippen LogP contribution in [0.3, 0.4) is 0 Å². The van der Waals surface area contributed by atoms with Gasteiger partial charge >= 0.3 is 12.1 Å². The number of carboxylic acids is 1. The molecule has 0 radical (unpaired) electrons. The molecule has 13 heteroatoms. The summed E-state index contributed by atoms with van der Waals surface area (Å²) in [5.74, 6) is -2.76. The number of halogens is 1. The number of benzene rings is 2. The Kier molecular flexibility index (Phi) is 10.4. The lowest BCUT2D eigenvalue weighted by atomic mass is 9.94. The van der Waals surface area contributed by atoms with Gasteiger partial charge < -0.3 is 14.6 Å². The molecule has 0 aromatic heterocycles. The number of nitrogens with zero attached hydrogens (tertiary/aromatic N) is 2. The van der Waals surface area contributed by atoms with Crippen LogP contribution in [0.15, 0.2) is 58.0 Å². The number of sulfonamides is 1. The summed E-state index contributed by atoms with van der Waals surface area (Å²) in [5, 5.41) is 8.60. The van der Waals surface area contributed by atoms with E-state index in [4.69, 9.17) is 9.47 Å². The molecule has 2 aromatic carbocycles. The third-order valence-electron chi connectivity index (χ3n) is 6.43. The number of carboxylic acid groups (broad SMARTS) is 1. The molecule has 216 valence electrons. The van der Waals surface area contributed by atoms with Crippen LogP contribution < -0.4 is 0 Å². The Labute approximate surface area is 243 Å². The monoisotopic (exact) mass is 652 g/mol. The lowest BCUT2D eigenvalue weighted by Crippen LogP contribution is -2.33. The van der Waals surface area contributed by atoms with E-state index in [0.717, 1.165) is 15.9 Å². The lowest BCUT2D eigenvalue weighted by molar-refractivity contribution is -0.130. The van der Waals surface area contributed by atoms with Crippen LogP contribution in [0.4, 0.5) is 4.79 Å². The van der Waals surface area contributed by atoms with Crippen molar-refractivity contribution in [3.05, 3.63) is 69.7 Å². The maximum absolute atomic E-state index is 13.2. The summed E-state index contributed by atoms with van der Waals surface area (Å²) in [6.45, 7) is 8.09. The zero-order valence-corrected chi connectivity index (χ0v) is 26.2. The highest BCUT2D eigenvalue weighted by Crippen LogP contribution is 2.40. The van der Waals surface area contributed by atoms with E-state index in [0.29, 0.717) is 22.2 Å². The molecular weight excluding hydrogens is 620 g/mol. The predicted molar refractivity (Wildman–Crippen MR) is 156 cm³/mol. The van der Waals surface area contributed by atoms with E-state index in [-0.39, 0.29) is 19.8 Å². The van der Waals surface area contributed by atoms with Crippen molar-refractivity contribution in [1.82, 2.24) is 4.31 Å². The van der Waals surface area contributed by atoms with Gasteiger partial charge in [-0.05, 0) is 28.8 Å². The van der Waals surface area contributed by atoms with Crippen LogP contribution in [0.25, 0.3) is 0 Å². The summed E-state index contributed by atoms with van der Waals surface area (Å²) < 4.78 is 38.2. The standard InChI is InChI=1S/C27H33BrN2O8SSi/c1-18(25(26(32)33)29-27(34)38-16-19-8-6-5-7-9-19)20-10-11-21(22(28)14-20)23-15-24(31)30(39(23,35)36)17-37-12-13-40(2,3)4/h5-11,14,18,23H,12-13,15-17H2,1-4H3,(H,32,33). The molecule has 0 spiro atoms. The average Bonchev–Trinajstić information content (AvgIpc) is 3.10. The van der Waals surface area contributed by atoms with Crippen molar-refractivity contribution in [1.29, 1.82) is 0 Å². The number of hydrogen-bond donors (Lipinski definition) is 1. The van der Waals surface area contributed by atoms with Crippen LogP contribution in [0.5, 0.6) is 0 Å². The Balaban J connectivity index is 1.74. The molecule has 2 aromatic rings. The fraction of sp³-hybridized carbons (Fsp3) is 0.407. The number of aliphatic imine (C=N–C) groups is 1. The quantitative estimate of drug-likeness (QED) is 0.195. The van der Waals surface area contributed by atoms with Gasteiger partial charge in [-0.2, -0.15) is 4.99 Å². The van der Waals surface area contributed by atoms with Crippen LogP contribution in [-0.2, 0) is 35.7 Å². The van der Waals surface area contributed by atoms with E-state index in [1.165, 1.54) is 6.07 Å². The molecule has 1 N–H and O–H groups in total. The molecule has 2 atom stereocenters. The molecule has 0 bridgehead atoms. The highest BCUT2D eigenvalue weighted by Gasteiger charge is 2.46. The Hall–Kier alpha value is -2.87. The second kappa shape index (κ2) is 13.2. The summed E-state index contributed by atoms with van der Waals surface area (Å²) >= 11 is 3.39. The first kappa shape index (κ1) is 31.7. The Morgan fingerprint density at radius 3 is 2.45 bits per heavy atom. The molecule has 1 aliphatic heterocycles. The van der Waals surface area contributed by atoms with Crippen molar-refractivity contribution >= 4 is 57.7 Å². The van der Waals surface area contributed by atoms with Crippen LogP contribution in [0.2, 0.25) is 25.7 Å². The van der Waals surface area contributed by atoms with Crippen LogP contribution in [-0.4, -0.2) is 62.9 Å². The first-order chi connectivity index (χ1) is 18.7. The molecule has 1 heterocycles. The van der Waals surface area contributed by atoms with E-state index in [1.807, 2.05) is 6.07 Å². The van der Waals surface area contributed by atoms with Gasteiger partial charge in [0.15, 0.2) is 0 Å². The third kappa shape index (κ3) is 8.09. The maximum atomic E-state index is 13.2. The van der Waals surface area contributed by atoms with E-state index in [2.05, 4.69) is 40.6 Å². The van der Waals surface area contributed by atoms with E-state index in [9.17, 15) is 27.9 Å². The fourth-order valence-electron chi connectivity index (χ4n) is 4.01. The molecule has 0 aliphatic carbocycles. The summed E-state index contributed by atoms with van der Waals surface area (Å²) in [6.07, 6.45) is -1.27. The van der Waals surface area contributed by atoms with Gasteiger partial charge in [-0.3, -0.25) is 4.79 Å². The molecule has 2 amide bonds. The molecule has 1 saturated heterocycles. The number of carbonyl (C=O) groups excluding carboxylic acids is 2. The molecule has 3 rings (SSSR count). The van der Waals surface area contributed by atoms with Crippen molar-refractivity contribution < 1.29 is 37.4 Å². The van der Waals surface area contributed by atoms with Gasteiger partial charge in [0.2, 0.25) is 15.9 Å². The topological polar surface area (TPSA) is 140 Å².